The molecular weight excluding hydrogens is 270 g/mol. The maximum Gasteiger partial charge on any atom is 0.251 e. The van der Waals surface area contributed by atoms with Crippen molar-refractivity contribution < 1.29 is 14.6 Å². The van der Waals surface area contributed by atoms with Gasteiger partial charge in [-0.1, -0.05) is 11.6 Å². The highest BCUT2D eigenvalue weighted by Gasteiger charge is 2.09. The van der Waals surface area contributed by atoms with Gasteiger partial charge in [-0.3, -0.25) is 4.79 Å². The molecule has 1 aromatic rings. The first-order valence-electron chi connectivity index (χ1n) is 5.86. The average Bonchev–Trinajstić information content (AvgIpc) is 2.37. The Morgan fingerprint density at radius 1 is 1.47 bits per heavy atom. The van der Waals surface area contributed by atoms with Crippen molar-refractivity contribution in [1.82, 2.24) is 10.3 Å². The molecule has 0 unspecified atom stereocenters. The van der Waals surface area contributed by atoms with Crippen molar-refractivity contribution in [3.05, 3.63) is 22.8 Å². The molecule has 0 radical (unpaired) electrons. The third-order valence-corrected chi connectivity index (χ3v) is 2.46. The van der Waals surface area contributed by atoms with Crippen LogP contribution in [0.2, 0.25) is 5.15 Å². The highest BCUT2D eigenvalue weighted by atomic mass is 35.5. The molecule has 2 N–H and O–H groups in total. The van der Waals surface area contributed by atoms with E-state index in [-0.39, 0.29) is 24.3 Å². The van der Waals surface area contributed by atoms with Crippen LogP contribution in [0.4, 0.5) is 5.82 Å². The van der Waals surface area contributed by atoms with Crippen LogP contribution in [0.5, 0.6) is 0 Å². The van der Waals surface area contributed by atoms with Gasteiger partial charge < -0.3 is 20.1 Å². The number of rotatable bonds is 7. The second kappa shape index (κ2) is 7.93. The summed E-state index contributed by atoms with van der Waals surface area (Å²) >= 11 is 5.87. The predicted molar refractivity (Wildman–Crippen MR) is 73.8 cm³/mol. The molecule has 0 aromatic carbocycles. The number of carbonyl (C=O) groups excluding carboxylic acids is 1. The maximum atomic E-state index is 11.9. The van der Waals surface area contributed by atoms with Crippen molar-refractivity contribution in [3.63, 3.8) is 0 Å². The van der Waals surface area contributed by atoms with E-state index < -0.39 is 0 Å². The smallest absolute Gasteiger partial charge is 0.251 e. The van der Waals surface area contributed by atoms with E-state index in [0.717, 1.165) is 0 Å². The van der Waals surface area contributed by atoms with Gasteiger partial charge in [-0.15, -0.1) is 0 Å². The average molecular weight is 288 g/mol. The lowest BCUT2D eigenvalue weighted by Crippen LogP contribution is -2.28. The molecule has 0 fully saturated rings. The quantitative estimate of drug-likeness (QED) is 0.565. The number of anilines is 1. The van der Waals surface area contributed by atoms with Crippen LogP contribution in [0.3, 0.4) is 0 Å². The minimum absolute atomic E-state index is 0.0277. The van der Waals surface area contributed by atoms with Gasteiger partial charge in [0.2, 0.25) is 0 Å². The summed E-state index contributed by atoms with van der Waals surface area (Å²) in [6.45, 7) is 0.962. The number of hydrogen-bond donors (Lipinski definition) is 2. The molecule has 0 aliphatic carbocycles. The molecule has 0 aliphatic heterocycles. The monoisotopic (exact) mass is 287 g/mol. The largest absolute Gasteiger partial charge is 0.394 e. The number of pyridine rings is 1. The molecular formula is C12H18ClN3O3. The Bertz CT molecular complexity index is 427. The standard InChI is InChI=1S/C12H18ClN3O3/c1-16(2)11-8-9(7-10(13)15-11)12(18)14-3-5-19-6-4-17/h7-8,17H,3-6H2,1-2H3,(H,14,18). The van der Waals surface area contributed by atoms with E-state index in [1.807, 2.05) is 14.1 Å². The van der Waals surface area contributed by atoms with E-state index in [1.54, 1.807) is 11.0 Å². The first-order chi connectivity index (χ1) is 9.04. The summed E-state index contributed by atoms with van der Waals surface area (Å²) in [6, 6.07) is 3.17. The van der Waals surface area contributed by atoms with Crippen LogP contribution in [0, 0.1) is 0 Å². The molecule has 6 nitrogen and oxygen atoms in total. The van der Waals surface area contributed by atoms with Crippen molar-refractivity contribution in [2.45, 2.75) is 0 Å². The van der Waals surface area contributed by atoms with Gasteiger partial charge in [0.15, 0.2) is 0 Å². The Kier molecular flexibility index (Phi) is 6.55. The third-order valence-electron chi connectivity index (χ3n) is 2.27. The van der Waals surface area contributed by atoms with E-state index >= 15 is 0 Å². The van der Waals surface area contributed by atoms with Gasteiger partial charge >= 0.3 is 0 Å². The molecule has 0 spiro atoms. The first-order valence-corrected chi connectivity index (χ1v) is 6.24. The molecule has 1 amide bonds. The predicted octanol–water partition coefficient (Wildman–Crippen LogP) is 0.540. The fourth-order valence-electron chi connectivity index (χ4n) is 1.35. The van der Waals surface area contributed by atoms with E-state index in [9.17, 15) is 4.79 Å². The number of carbonyl (C=O) groups is 1. The summed E-state index contributed by atoms with van der Waals surface area (Å²) < 4.78 is 5.04. The zero-order valence-electron chi connectivity index (χ0n) is 11.0. The number of ether oxygens (including phenoxy) is 1. The Balaban J connectivity index is 2.56. The summed E-state index contributed by atoms with van der Waals surface area (Å²) in [5, 5.41) is 11.5. The number of amides is 1. The Hall–Kier alpha value is -1.37. The summed E-state index contributed by atoms with van der Waals surface area (Å²) in [5.74, 6) is 0.383. The second-order valence-corrected chi connectivity index (χ2v) is 4.41. The lowest BCUT2D eigenvalue weighted by Gasteiger charge is -2.13. The topological polar surface area (TPSA) is 74.7 Å². The Labute approximate surface area is 117 Å². The third kappa shape index (κ3) is 5.42. The second-order valence-electron chi connectivity index (χ2n) is 4.02. The van der Waals surface area contributed by atoms with Crippen LogP contribution >= 0.6 is 11.6 Å². The van der Waals surface area contributed by atoms with Gasteiger partial charge in [-0.2, -0.15) is 0 Å². The fraction of sp³-hybridized carbons (Fsp3) is 0.500. The zero-order valence-corrected chi connectivity index (χ0v) is 11.8. The molecule has 0 saturated carbocycles. The molecule has 0 bridgehead atoms. The molecule has 106 valence electrons. The zero-order chi connectivity index (χ0) is 14.3. The van der Waals surface area contributed by atoms with Gasteiger partial charge in [0.1, 0.15) is 11.0 Å². The molecule has 0 saturated heterocycles. The number of nitrogens with zero attached hydrogens (tertiary/aromatic N) is 2. The number of aromatic nitrogens is 1. The van der Waals surface area contributed by atoms with E-state index in [0.29, 0.717) is 24.5 Å². The van der Waals surface area contributed by atoms with Crippen LogP contribution in [0.15, 0.2) is 12.1 Å². The molecule has 1 rings (SSSR count). The van der Waals surface area contributed by atoms with Crippen molar-refractivity contribution in [2.75, 3.05) is 45.4 Å². The minimum Gasteiger partial charge on any atom is -0.394 e. The molecule has 0 atom stereocenters. The van der Waals surface area contributed by atoms with Gasteiger partial charge in [0.05, 0.1) is 19.8 Å². The lowest BCUT2D eigenvalue weighted by atomic mass is 10.2. The van der Waals surface area contributed by atoms with E-state index in [4.69, 9.17) is 21.4 Å². The first kappa shape index (κ1) is 15.7. The molecule has 1 aromatic heterocycles. The fourth-order valence-corrected chi connectivity index (χ4v) is 1.55. The molecule has 1 heterocycles. The number of aliphatic hydroxyl groups is 1. The summed E-state index contributed by atoms with van der Waals surface area (Å²) in [6.07, 6.45) is 0. The lowest BCUT2D eigenvalue weighted by molar-refractivity contribution is 0.0838. The number of aliphatic hydroxyl groups excluding tert-OH is 1. The van der Waals surface area contributed by atoms with Crippen LogP contribution < -0.4 is 10.2 Å². The summed E-state index contributed by atoms with van der Waals surface area (Å²) in [7, 11) is 3.64. The van der Waals surface area contributed by atoms with Crippen molar-refractivity contribution in [3.8, 4) is 0 Å². The van der Waals surface area contributed by atoms with Crippen molar-refractivity contribution in [1.29, 1.82) is 0 Å². The Morgan fingerprint density at radius 3 is 2.84 bits per heavy atom. The maximum absolute atomic E-state index is 11.9. The van der Waals surface area contributed by atoms with E-state index in [2.05, 4.69) is 10.3 Å². The minimum atomic E-state index is -0.236. The van der Waals surface area contributed by atoms with Crippen LogP contribution in [-0.4, -0.2) is 56.5 Å². The van der Waals surface area contributed by atoms with Crippen LogP contribution in [0.1, 0.15) is 10.4 Å². The number of hydrogen-bond acceptors (Lipinski definition) is 5. The SMILES string of the molecule is CN(C)c1cc(C(=O)NCCOCCO)cc(Cl)n1. The van der Waals surface area contributed by atoms with Gasteiger partial charge in [-0.05, 0) is 12.1 Å². The summed E-state index contributed by atoms with van der Waals surface area (Å²) in [4.78, 5) is 17.7. The van der Waals surface area contributed by atoms with Crippen molar-refractivity contribution in [2.24, 2.45) is 0 Å². The van der Waals surface area contributed by atoms with Crippen molar-refractivity contribution >= 4 is 23.3 Å². The van der Waals surface area contributed by atoms with Gasteiger partial charge in [0, 0.05) is 26.2 Å². The van der Waals surface area contributed by atoms with Gasteiger partial charge in [0.25, 0.3) is 5.91 Å². The highest BCUT2D eigenvalue weighted by Crippen LogP contribution is 2.16. The van der Waals surface area contributed by atoms with Crippen LogP contribution in [0.25, 0.3) is 0 Å². The normalized spacial score (nSPS) is 10.3. The molecule has 19 heavy (non-hydrogen) atoms. The Morgan fingerprint density at radius 2 is 2.21 bits per heavy atom. The number of nitrogens with one attached hydrogen (secondary N) is 1. The molecule has 0 aliphatic rings. The van der Waals surface area contributed by atoms with Crippen LogP contribution in [-0.2, 0) is 4.74 Å². The highest BCUT2D eigenvalue weighted by molar-refractivity contribution is 6.29. The summed E-state index contributed by atoms with van der Waals surface area (Å²) in [5.41, 5.74) is 0.450. The van der Waals surface area contributed by atoms with Gasteiger partial charge in [-0.25, -0.2) is 4.98 Å². The van der Waals surface area contributed by atoms with E-state index in [1.165, 1.54) is 6.07 Å². The molecule has 7 heteroatoms. The number of halogens is 1.